The molecule has 0 radical (unpaired) electrons. The highest BCUT2D eigenvalue weighted by atomic mass is 32.2. The van der Waals surface area contributed by atoms with E-state index in [1.807, 2.05) is 30.8 Å². The number of anilines is 1. The van der Waals surface area contributed by atoms with Crippen LogP contribution in [0.4, 0.5) is 5.69 Å². The van der Waals surface area contributed by atoms with Gasteiger partial charge in [-0.2, -0.15) is 0 Å². The molecule has 0 aromatic heterocycles. The molecule has 2 heterocycles. The third-order valence-electron chi connectivity index (χ3n) is 4.55. The molecule has 3 rings (SSSR count). The molecule has 0 unspecified atom stereocenters. The van der Waals surface area contributed by atoms with Crippen molar-refractivity contribution in [2.24, 2.45) is 0 Å². The summed E-state index contributed by atoms with van der Waals surface area (Å²) in [6.45, 7) is 3.59. The number of carbonyl (C=O) groups is 1. The summed E-state index contributed by atoms with van der Waals surface area (Å²) in [6.07, 6.45) is 1.70. The van der Waals surface area contributed by atoms with Crippen molar-refractivity contribution in [3.63, 3.8) is 0 Å². The number of hydrogen-bond acceptors (Lipinski definition) is 4. The molecule has 1 atom stereocenters. The zero-order valence-electron chi connectivity index (χ0n) is 13.8. The Morgan fingerprint density at radius 3 is 2.78 bits per heavy atom. The molecular weight excluding hydrogens is 314 g/mol. The Morgan fingerprint density at radius 2 is 2.09 bits per heavy atom. The first-order valence-electron chi connectivity index (χ1n) is 7.94. The Morgan fingerprint density at radius 1 is 1.35 bits per heavy atom. The van der Waals surface area contributed by atoms with Crippen molar-refractivity contribution in [3.05, 3.63) is 23.3 Å². The lowest BCUT2D eigenvalue weighted by Gasteiger charge is -2.26. The van der Waals surface area contributed by atoms with E-state index in [0.29, 0.717) is 13.1 Å². The van der Waals surface area contributed by atoms with Gasteiger partial charge in [0.1, 0.15) is 0 Å². The van der Waals surface area contributed by atoms with Gasteiger partial charge in [-0.3, -0.25) is 4.79 Å². The minimum absolute atomic E-state index is 0.0797. The molecule has 6 nitrogen and oxygen atoms in total. The molecule has 1 aromatic rings. The van der Waals surface area contributed by atoms with Crippen molar-refractivity contribution in [3.8, 4) is 0 Å². The molecule has 0 fully saturated rings. The molecule has 7 heteroatoms. The molecule has 0 saturated carbocycles. The highest BCUT2D eigenvalue weighted by Crippen LogP contribution is 2.43. The van der Waals surface area contributed by atoms with Gasteiger partial charge in [-0.15, -0.1) is 0 Å². The number of nitrogens with one attached hydrogen (secondary N) is 1. The van der Waals surface area contributed by atoms with Crippen molar-refractivity contribution in [1.29, 1.82) is 0 Å². The third kappa shape index (κ3) is 2.88. The maximum atomic E-state index is 12.5. The first-order chi connectivity index (χ1) is 10.8. The van der Waals surface area contributed by atoms with Gasteiger partial charge in [0, 0.05) is 19.6 Å². The number of sulfonamides is 1. The number of amides is 1. The number of rotatable bonds is 5. The van der Waals surface area contributed by atoms with Crippen LogP contribution in [0.25, 0.3) is 0 Å². The molecule has 1 amide bonds. The number of benzene rings is 1. The SMILES string of the molecule is C[C@H]1C(=O)N2CCCc3cc(S(=O)(=O)NCCN(C)C)cc1c32. The summed E-state index contributed by atoms with van der Waals surface area (Å²) in [7, 11) is 0.246. The first kappa shape index (κ1) is 16.4. The topological polar surface area (TPSA) is 69.7 Å². The van der Waals surface area contributed by atoms with Gasteiger partial charge in [-0.05, 0) is 57.1 Å². The van der Waals surface area contributed by atoms with Crippen LogP contribution in [0.15, 0.2) is 17.0 Å². The highest BCUT2D eigenvalue weighted by Gasteiger charge is 2.38. The van der Waals surface area contributed by atoms with E-state index >= 15 is 0 Å². The van der Waals surface area contributed by atoms with Crippen LogP contribution < -0.4 is 9.62 Å². The number of likely N-dealkylation sites (N-methyl/N-ethyl adjacent to an activating group) is 1. The van der Waals surface area contributed by atoms with Crippen LogP contribution >= 0.6 is 0 Å². The standard InChI is InChI=1S/C16H23N3O3S/c1-11-14-10-13(23(21,22)17-6-8-18(2)3)9-12-5-4-7-19(15(12)14)16(11)20/h9-11,17H,4-8H2,1-3H3/t11-/m1/s1. The van der Waals surface area contributed by atoms with E-state index < -0.39 is 10.0 Å². The first-order valence-corrected chi connectivity index (χ1v) is 9.42. The summed E-state index contributed by atoms with van der Waals surface area (Å²) < 4.78 is 27.7. The number of hydrogen-bond donors (Lipinski definition) is 1. The predicted molar refractivity (Wildman–Crippen MR) is 89.3 cm³/mol. The van der Waals surface area contributed by atoms with Gasteiger partial charge in [-0.1, -0.05) is 0 Å². The lowest BCUT2D eigenvalue weighted by molar-refractivity contribution is -0.119. The number of nitrogens with zero attached hydrogens (tertiary/aromatic N) is 2. The van der Waals surface area contributed by atoms with Gasteiger partial charge in [-0.25, -0.2) is 13.1 Å². The lowest BCUT2D eigenvalue weighted by atomic mass is 9.97. The Bertz CT molecular complexity index is 743. The van der Waals surface area contributed by atoms with Gasteiger partial charge in [0.05, 0.1) is 16.5 Å². The van der Waals surface area contributed by atoms with Gasteiger partial charge in [0.15, 0.2) is 0 Å². The van der Waals surface area contributed by atoms with Crippen LogP contribution in [-0.2, 0) is 21.2 Å². The summed E-state index contributed by atoms with van der Waals surface area (Å²) >= 11 is 0. The largest absolute Gasteiger partial charge is 0.311 e. The molecule has 1 N–H and O–H groups in total. The van der Waals surface area contributed by atoms with Crippen molar-refractivity contribution in [2.45, 2.75) is 30.6 Å². The minimum atomic E-state index is -3.55. The molecule has 0 aliphatic carbocycles. The summed E-state index contributed by atoms with van der Waals surface area (Å²) in [4.78, 5) is 16.4. The van der Waals surface area contributed by atoms with Gasteiger partial charge < -0.3 is 9.80 Å². The molecule has 126 valence electrons. The fourth-order valence-electron chi connectivity index (χ4n) is 3.31. The summed E-state index contributed by atoms with van der Waals surface area (Å²) in [5.41, 5.74) is 2.76. The smallest absolute Gasteiger partial charge is 0.240 e. The van der Waals surface area contributed by atoms with E-state index in [4.69, 9.17) is 0 Å². The van der Waals surface area contributed by atoms with Crippen molar-refractivity contribution in [1.82, 2.24) is 9.62 Å². The molecule has 0 bridgehead atoms. The molecule has 0 saturated heterocycles. The van der Waals surface area contributed by atoms with Crippen molar-refractivity contribution >= 4 is 21.6 Å². The average Bonchev–Trinajstić information content (AvgIpc) is 2.74. The molecule has 23 heavy (non-hydrogen) atoms. The van der Waals surface area contributed by atoms with Crippen LogP contribution in [0, 0.1) is 0 Å². The van der Waals surface area contributed by atoms with E-state index in [-0.39, 0.29) is 16.7 Å². The molecule has 2 aliphatic rings. The zero-order valence-corrected chi connectivity index (χ0v) is 14.6. The molecule has 0 spiro atoms. The van der Waals surface area contributed by atoms with Gasteiger partial charge in [0.25, 0.3) is 0 Å². The van der Waals surface area contributed by atoms with Crippen LogP contribution in [-0.4, -0.2) is 53.0 Å². The quantitative estimate of drug-likeness (QED) is 0.867. The van der Waals surface area contributed by atoms with E-state index in [2.05, 4.69) is 4.72 Å². The minimum Gasteiger partial charge on any atom is -0.311 e. The second kappa shape index (κ2) is 5.89. The predicted octanol–water partition coefficient (Wildman–Crippen LogP) is 0.923. The normalized spacial score (nSPS) is 20.3. The monoisotopic (exact) mass is 337 g/mol. The van der Waals surface area contributed by atoms with E-state index in [9.17, 15) is 13.2 Å². The Balaban J connectivity index is 1.96. The van der Waals surface area contributed by atoms with Gasteiger partial charge in [0.2, 0.25) is 15.9 Å². The second-order valence-corrected chi connectivity index (χ2v) is 8.30. The average molecular weight is 337 g/mol. The van der Waals surface area contributed by atoms with E-state index in [0.717, 1.165) is 36.2 Å². The Labute approximate surface area is 137 Å². The number of carbonyl (C=O) groups excluding carboxylic acids is 1. The summed E-state index contributed by atoms with van der Waals surface area (Å²) in [6, 6.07) is 3.40. The third-order valence-corrected chi connectivity index (χ3v) is 5.99. The van der Waals surface area contributed by atoms with Crippen LogP contribution in [0.5, 0.6) is 0 Å². The molecule has 2 aliphatic heterocycles. The molecular formula is C16H23N3O3S. The maximum Gasteiger partial charge on any atom is 0.240 e. The van der Waals surface area contributed by atoms with Crippen molar-refractivity contribution < 1.29 is 13.2 Å². The maximum absolute atomic E-state index is 12.5. The van der Waals surface area contributed by atoms with Gasteiger partial charge >= 0.3 is 0 Å². The Kier molecular flexibility index (Phi) is 4.20. The highest BCUT2D eigenvalue weighted by molar-refractivity contribution is 7.89. The molecule has 1 aromatic carbocycles. The second-order valence-electron chi connectivity index (χ2n) is 6.54. The van der Waals surface area contributed by atoms with Crippen molar-refractivity contribution in [2.75, 3.05) is 38.6 Å². The number of aryl methyl sites for hydroxylation is 1. The summed E-state index contributed by atoms with van der Waals surface area (Å²) in [5, 5.41) is 0. The van der Waals surface area contributed by atoms with Crippen LogP contribution in [0.3, 0.4) is 0 Å². The van der Waals surface area contributed by atoms with E-state index in [1.54, 1.807) is 12.1 Å². The summed E-state index contributed by atoms with van der Waals surface area (Å²) in [5.74, 6) is -0.185. The van der Waals surface area contributed by atoms with Crippen LogP contribution in [0.1, 0.15) is 30.4 Å². The van der Waals surface area contributed by atoms with E-state index in [1.165, 1.54) is 0 Å². The lowest BCUT2D eigenvalue weighted by Crippen LogP contribution is -2.33. The van der Waals surface area contributed by atoms with Crippen LogP contribution in [0.2, 0.25) is 0 Å². The fraction of sp³-hybridized carbons (Fsp3) is 0.562. The Hall–Kier alpha value is -1.44. The zero-order chi connectivity index (χ0) is 16.8. The fourth-order valence-corrected chi connectivity index (χ4v) is 4.41.